The first-order chi connectivity index (χ1) is 31.7. The molecule has 368 valence electrons. The predicted octanol–water partition coefficient (Wildman–Crippen LogP) is 20.5. The minimum absolute atomic E-state index is 0. The first-order valence-electron chi connectivity index (χ1n) is 28.0. The first-order valence-corrected chi connectivity index (χ1v) is 28.0. The maximum Gasteiger partial charge on any atom is 0.148 e. The summed E-state index contributed by atoms with van der Waals surface area (Å²) in [7, 11) is 0. The van der Waals surface area contributed by atoms with Crippen LogP contribution in [0.4, 0.5) is 11.4 Å². The molecule has 0 saturated carbocycles. The Bertz CT molecular complexity index is 1560. The van der Waals surface area contributed by atoms with Gasteiger partial charge < -0.3 is 0 Å². The smallest absolute Gasteiger partial charge is 0.148 e. The van der Waals surface area contributed by atoms with Crippen LogP contribution in [0.25, 0.3) is 0 Å². The van der Waals surface area contributed by atoms with Crippen molar-refractivity contribution in [3.05, 3.63) is 59.7 Å². The van der Waals surface area contributed by atoms with Gasteiger partial charge in [-0.15, -0.1) is 0 Å². The van der Waals surface area contributed by atoms with Crippen molar-refractivity contribution in [1.82, 2.24) is 0 Å². The average Bonchev–Trinajstić information content (AvgIpc) is 3.31. The molecule has 0 bridgehead atoms. The summed E-state index contributed by atoms with van der Waals surface area (Å²) in [4.78, 5) is 10.5. The second-order valence-electron chi connectivity index (χ2n) is 19.2. The number of aliphatic imine (C=N–C) groups is 2. The summed E-state index contributed by atoms with van der Waals surface area (Å²) in [6, 6.07) is 17.7. The van der Waals surface area contributed by atoms with Crippen molar-refractivity contribution in [3.63, 3.8) is 0 Å². The summed E-state index contributed by atoms with van der Waals surface area (Å²) in [6.07, 6.45) is 52.4. The molecular weight excluding hydrogens is 831 g/mol. The van der Waals surface area contributed by atoms with Gasteiger partial charge in [-0.1, -0.05) is 269 Å². The number of rotatable bonds is 41. The van der Waals surface area contributed by atoms with Crippen LogP contribution in [0.3, 0.4) is 0 Å². The van der Waals surface area contributed by atoms with E-state index in [2.05, 4.69) is 99.9 Å². The van der Waals surface area contributed by atoms with Gasteiger partial charge in [-0.05, 0) is 85.8 Å². The first kappa shape index (κ1) is 60.4. The fraction of sp³-hybridized carbons (Fsp3) is 0.710. The molecule has 2 rings (SSSR count). The predicted molar refractivity (Wildman–Crippen MR) is 288 cm³/mol. The summed E-state index contributed by atoms with van der Waals surface area (Å²) < 4.78 is 0. The Morgan fingerprint density at radius 2 is 0.600 bits per heavy atom. The van der Waals surface area contributed by atoms with Crippen LogP contribution in [-0.4, -0.2) is 11.4 Å². The quantitative estimate of drug-likeness (QED) is 0.0275. The molecule has 0 atom stereocenters. The fourth-order valence-corrected chi connectivity index (χ4v) is 8.72. The van der Waals surface area contributed by atoms with E-state index in [0.717, 1.165) is 55.6 Å². The maximum absolute atomic E-state index is 5.27. The zero-order valence-electron chi connectivity index (χ0n) is 43.1. The zero-order valence-corrected chi connectivity index (χ0v) is 44.1. The molecule has 0 N–H and O–H groups in total. The van der Waals surface area contributed by atoms with Gasteiger partial charge in [-0.2, -0.15) is 0 Å². The van der Waals surface area contributed by atoms with Crippen molar-refractivity contribution in [2.24, 2.45) is 9.98 Å². The Hall–Kier alpha value is -2.61. The molecular formula is C62H100N2Ni. The number of hydrogen-bond acceptors (Lipinski definition) is 2. The molecule has 0 aliphatic heterocycles. The molecule has 0 unspecified atom stereocenters. The van der Waals surface area contributed by atoms with E-state index in [1.54, 1.807) is 0 Å². The zero-order chi connectivity index (χ0) is 45.6. The molecule has 0 fully saturated rings. The summed E-state index contributed by atoms with van der Waals surface area (Å²) in [5.41, 5.74) is 6.08. The van der Waals surface area contributed by atoms with Crippen molar-refractivity contribution in [1.29, 1.82) is 0 Å². The summed E-state index contributed by atoms with van der Waals surface area (Å²) in [5, 5.41) is 0. The molecule has 2 aromatic carbocycles. The number of nitrogens with zero attached hydrogens (tertiary/aromatic N) is 2. The maximum atomic E-state index is 5.27. The van der Waals surface area contributed by atoms with Gasteiger partial charge in [0.15, 0.2) is 0 Å². The van der Waals surface area contributed by atoms with Crippen molar-refractivity contribution in [2.45, 2.75) is 285 Å². The van der Waals surface area contributed by atoms with Crippen LogP contribution in [0.2, 0.25) is 0 Å². The molecule has 0 radical (unpaired) electrons. The minimum atomic E-state index is 0. The van der Waals surface area contributed by atoms with Gasteiger partial charge in [-0.3, -0.25) is 0 Å². The van der Waals surface area contributed by atoms with E-state index in [9.17, 15) is 0 Å². The van der Waals surface area contributed by atoms with E-state index in [0.29, 0.717) is 5.71 Å². The van der Waals surface area contributed by atoms with E-state index in [1.807, 2.05) is 0 Å². The Morgan fingerprint density at radius 1 is 0.338 bits per heavy atom. The Balaban J connectivity index is 0.0000211. The van der Waals surface area contributed by atoms with Gasteiger partial charge in [0.05, 0.1) is 11.4 Å². The van der Waals surface area contributed by atoms with Gasteiger partial charge in [-0.25, -0.2) is 9.98 Å². The van der Waals surface area contributed by atoms with Gasteiger partial charge in [0, 0.05) is 29.3 Å². The van der Waals surface area contributed by atoms with Crippen LogP contribution in [0, 0.1) is 23.7 Å². The average molecular weight is 932 g/mol. The van der Waals surface area contributed by atoms with Crippen LogP contribution >= 0.6 is 0 Å². The number of aryl methyl sites for hydroxylation is 2. The molecule has 2 aromatic rings. The molecule has 0 saturated heterocycles. The van der Waals surface area contributed by atoms with Crippen molar-refractivity contribution in [3.8, 4) is 23.7 Å². The van der Waals surface area contributed by atoms with Gasteiger partial charge in [0.25, 0.3) is 0 Å². The van der Waals surface area contributed by atoms with Crippen LogP contribution in [0.15, 0.2) is 58.5 Å². The Kier molecular flexibility index (Phi) is 43.2. The molecule has 0 aliphatic rings. The Morgan fingerprint density at radius 3 is 0.892 bits per heavy atom. The van der Waals surface area contributed by atoms with Gasteiger partial charge in [0.1, 0.15) is 11.4 Å². The van der Waals surface area contributed by atoms with Crippen LogP contribution in [0.1, 0.15) is 283 Å². The van der Waals surface area contributed by atoms with Crippen molar-refractivity contribution in [2.75, 3.05) is 0 Å². The molecule has 2 nitrogen and oxygen atoms in total. The standard InChI is InChI=1S/C62H100N2.Ni/c1-5-9-13-17-21-22-23-24-25-26-27-28-29-30-31-32-36-40-44-54-62(64-60-52-46-50-58(56-60)48-42-38-34-19-15-11-7-3)61(53-43-39-35-20-16-12-8-4)63-59-51-45-49-57(55-59)47-41-37-33-18-14-10-6-2;/h45-46,49-52,55-56H,5-42,47-48H2,1-4H3;/b63-61+,64-62+;. The number of hydrogen-bond donors (Lipinski definition) is 0. The van der Waals surface area contributed by atoms with Crippen molar-refractivity contribution < 1.29 is 16.5 Å². The second kappa shape index (κ2) is 46.5. The molecule has 65 heavy (non-hydrogen) atoms. The summed E-state index contributed by atoms with van der Waals surface area (Å²) in [6.45, 7) is 9.17. The number of benzene rings is 2. The largest absolute Gasteiger partial charge is 0.237 e. The number of unbranched alkanes of at least 4 members (excludes halogenated alkanes) is 34. The third-order valence-corrected chi connectivity index (χ3v) is 12.9. The van der Waals surface area contributed by atoms with E-state index in [4.69, 9.17) is 9.98 Å². The minimum Gasteiger partial charge on any atom is -0.237 e. The van der Waals surface area contributed by atoms with Gasteiger partial charge >= 0.3 is 0 Å². The van der Waals surface area contributed by atoms with E-state index in [1.165, 1.54) is 229 Å². The summed E-state index contributed by atoms with van der Waals surface area (Å²) >= 11 is 0. The van der Waals surface area contributed by atoms with Crippen LogP contribution in [-0.2, 0) is 29.3 Å². The molecule has 0 amide bonds. The van der Waals surface area contributed by atoms with E-state index < -0.39 is 0 Å². The molecule has 0 spiro atoms. The fourth-order valence-electron chi connectivity index (χ4n) is 8.72. The SMILES string of the molecule is CCCCCCCC#CC(=N\c1cccc(CCCCCCCCC)c1)/C(C#CCCCCCCCCCCCCCCCCCCC)=N/c1cccc(CCCCCCCCC)c1.[Ni]. The van der Waals surface area contributed by atoms with Crippen molar-refractivity contribution >= 4 is 22.8 Å². The third-order valence-electron chi connectivity index (χ3n) is 12.9. The van der Waals surface area contributed by atoms with E-state index in [-0.39, 0.29) is 16.5 Å². The Labute approximate surface area is 415 Å². The van der Waals surface area contributed by atoms with Crippen LogP contribution < -0.4 is 0 Å². The second-order valence-corrected chi connectivity index (χ2v) is 19.2. The van der Waals surface area contributed by atoms with Crippen LogP contribution in [0.5, 0.6) is 0 Å². The molecule has 0 heterocycles. The van der Waals surface area contributed by atoms with E-state index >= 15 is 0 Å². The monoisotopic (exact) mass is 931 g/mol. The normalized spacial score (nSPS) is 11.5. The van der Waals surface area contributed by atoms with Gasteiger partial charge in [0.2, 0.25) is 0 Å². The topological polar surface area (TPSA) is 24.7 Å². The third kappa shape index (κ3) is 36.2. The molecule has 0 aromatic heterocycles. The summed E-state index contributed by atoms with van der Waals surface area (Å²) in [5.74, 6) is 14.2. The molecule has 3 heteroatoms. The molecule has 0 aliphatic carbocycles.